The summed E-state index contributed by atoms with van der Waals surface area (Å²) in [7, 11) is 0. The van der Waals surface area contributed by atoms with E-state index in [-0.39, 0.29) is 5.70 Å². The van der Waals surface area contributed by atoms with E-state index in [1.807, 2.05) is 6.92 Å². The third-order valence-corrected chi connectivity index (χ3v) is 2.79. The van der Waals surface area contributed by atoms with E-state index < -0.39 is 11.9 Å². The first-order valence-electron chi connectivity index (χ1n) is 6.29. The van der Waals surface area contributed by atoms with E-state index in [2.05, 4.69) is 10.3 Å². The fourth-order valence-corrected chi connectivity index (χ4v) is 1.68. The Hall–Kier alpha value is -2.95. The van der Waals surface area contributed by atoms with Gasteiger partial charge in [0, 0.05) is 18.0 Å². The molecule has 5 heteroatoms. The normalized spacial score (nSPS) is 11.0. The van der Waals surface area contributed by atoms with E-state index in [1.165, 1.54) is 12.3 Å². The number of aromatic nitrogens is 1. The maximum Gasteiger partial charge on any atom is 0.352 e. The molecule has 106 valence electrons. The Bertz CT molecular complexity index is 676. The zero-order valence-electron chi connectivity index (χ0n) is 11.4. The molecule has 0 saturated carbocycles. The molecule has 0 unspecified atom stereocenters. The largest absolute Gasteiger partial charge is 0.477 e. The van der Waals surface area contributed by atoms with Crippen LogP contribution in [0.4, 0.5) is 0 Å². The van der Waals surface area contributed by atoms with Crippen LogP contribution in [0.15, 0.2) is 54.5 Å². The van der Waals surface area contributed by atoms with Gasteiger partial charge in [0.1, 0.15) is 5.70 Å². The van der Waals surface area contributed by atoms with Crippen molar-refractivity contribution in [2.75, 3.05) is 0 Å². The summed E-state index contributed by atoms with van der Waals surface area (Å²) in [6, 6.07) is 10.3. The van der Waals surface area contributed by atoms with Crippen molar-refractivity contribution >= 4 is 18.0 Å². The molecule has 0 bridgehead atoms. The number of nitrogens with one attached hydrogen (secondary N) is 1. The predicted molar refractivity (Wildman–Crippen MR) is 78.5 cm³/mol. The van der Waals surface area contributed by atoms with E-state index >= 15 is 0 Å². The molecule has 2 N–H and O–H groups in total. The van der Waals surface area contributed by atoms with Gasteiger partial charge in [0.2, 0.25) is 0 Å². The number of hydrogen-bond acceptors (Lipinski definition) is 3. The van der Waals surface area contributed by atoms with Crippen LogP contribution >= 0.6 is 0 Å². The molecule has 0 atom stereocenters. The molecule has 0 spiro atoms. The topological polar surface area (TPSA) is 79.3 Å². The van der Waals surface area contributed by atoms with Crippen molar-refractivity contribution in [1.29, 1.82) is 0 Å². The Labute approximate surface area is 122 Å². The highest BCUT2D eigenvalue weighted by Crippen LogP contribution is 2.07. The second-order valence-electron chi connectivity index (χ2n) is 4.47. The molecule has 0 fully saturated rings. The molecule has 2 rings (SSSR count). The average Bonchev–Trinajstić information content (AvgIpc) is 2.48. The molecule has 1 aromatic heterocycles. The zero-order valence-corrected chi connectivity index (χ0v) is 11.4. The molecule has 21 heavy (non-hydrogen) atoms. The number of hydrogen-bond donors (Lipinski definition) is 2. The van der Waals surface area contributed by atoms with Gasteiger partial charge in [-0.05, 0) is 36.8 Å². The van der Waals surface area contributed by atoms with E-state index in [4.69, 9.17) is 0 Å². The monoisotopic (exact) mass is 282 g/mol. The number of aryl methyl sites for hydroxylation is 1. The van der Waals surface area contributed by atoms with Crippen molar-refractivity contribution in [2.24, 2.45) is 0 Å². The SMILES string of the molecule is Cc1ccc(C(=O)N/C(=C\c2cccnc2)C(=O)O)cc1. The van der Waals surface area contributed by atoms with Gasteiger partial charge in [-0.1, -0.05) is 23.8 Å². The minimum atomic E-state index is -1.21. The van der Waals surface area contributed by atoms with Crippen LogP contribution in [0.5, 0.6) is 0 Å². The van der Waals surface area contributed by atoms with Gasteiger partial charge in [-0.15, -0.1) is 0 Å². The number of carboxylic acids is 1. The summed E-state index contributed by atoms with van der Waals surface area (Å²) in [5.41, 5.74) is 1.82. The van der Waals surface area contributed by atoms with Crippen molar-refractivity contribution in [2.45, 2.75) is 6.92 Å². The number of carbonyl (C=O) groups excluding carboxylic acids is 1. The van der Waals surface area contributed by atoms with E-state index in [9.17, 15) is 14.7 Å². The van der Waals surface area contributed by atoms with Crippen LogP contribution in [0.25, 0.3) is 6.08 Å². The number of amides is 1. The molecule has 0 aliphatic carbocycles. The Morgan fingerprint density at radius 1 is 1.19 bits per heavy atom. The molecular weight excluding hydrogens is 268 g/mol. The first kappa shape index (κ1) is 14.5. The second kappa shape index (κ2) is 6.47. The standard InChI is InChI=1S/C16H14N2O3/c1-11-4-6-13(7-5-11)15(19)18-14(16(20)21)9-12-3-2-8-17-10-12/h2-10H,1H3,(H,18,19)(H,20,21)/b14-9-. The summed E-state index contributed by atoms with van der Waals surface area (Å²) in [6.07, 6.45) is 4.46. The number of aliphatic carboxylic acids is 1. The molecule has 0 aliphatic rings. The number of pyridine rings is 1. The Kier molecular flexibility index (Phi) is 4.46. The van der Waals surface area contributed by atoms with Crippen LogP contribution in [0, 0.1) is 6.92 Å². The number of carbonyl (C=O) groups is 2. The van der Waals surface area contributed by atoms with Crippen molar-refractivity contribution in [1.82, 2.24) is 10.3 Å². The molecule has 2 aromatic rings. The lowest BCUT2D eigenvalue weighted by atomic mass is 10.1. The first-order chi connectivity index (χ1) is 10.1. The van der Waals surface area contributed by atoms with E-state index in [0.717, 1.165) is 5.56 Å². The molecule has 0 saturated heterocycles. The minimum absolute atomic E-state index is 0.200. The van der Waals surface area contributed by atoms with Gasteiger partial charge in [-0.3, -0.25) is 9.78 Å². The molecule has 5 nitrogen and oxygen atoms in total. The molecule has 0 aliphatic heterocycles. The van der Waals surface area contributed by atoms with Gasteiger partial charge < -0.3 is 10.4 Å². The van der Waals surface area contributed by atoms with Gasteiger partial charge >= 0.3 is 5.97 Å². The summed E-state index contributed by atoms with van der Waals surface area (Å²) in [4.78, 5) is 27.1. The average molecular weight is 282 g/mol. The van der Waals surface area contributed by atoms with Crippen LogP contribution in [0.3, 0.4) is 0 Å². The lowest BCUT2D eigenvalue weighted by Crippen LogP contribution is -2.27. The summed E-state index contributed by atoms with van der Waals surface area (Å²) in [5.74, 6) is -1.67. The molecule has 1 amide bonds. The minimum Gasteiger partial charge on any atom is -0.477 e. The van der Waals surface area contributed by atoms with Crippen molar-refractivity contribution in [3.8, 4) is 0 Å². The van der Waals surface area contributed by atoms with Gasteiger partial charge in [0.15, 0.2) is 0 Å². The lowest BCUT2D eigenvalue weighted by molar-refractivity contribution is -0.132. The maximum absolute atomic E-state index is 12.0. The highest BCUT2D eigenvalue weighted by molar-refractivity contribution is 6.02. The number of carboxylic acid groups (broad SMARTS) is 1. The molecule has 1 aromatic carbocycles. The van der Waals surface area contributed by atoms with Crippen molar-refractivity contribution in [3.05, 3.63) is 71.2 Å². The zero-order chi connectivity index (χ0) is 15.2. The van der Waals surface area contributed by atoms with Crippen LogP contribution in [0.1, 0.15) is 21.5 Å². The Morgan fingerprint density at radius 3 is 2.48 bits per heavy atom. The Balaban J connectivity index is 2.21. The van der Waals surface area contributed by atoms with Gasteiger partial charge in [0.25, 0.3) is 5.91 Å². The molecule has 0 radical (unpaired) electrons. The quantitative estimate of drug-likeness (QED) is 0.843. The summed E-state index contributed by atoms with van der Waals surface area (Å²) >= 11 is 0. The maximum atomic E-state index is 12.0. The summed E-state index contributed by atoms with van der Waals surface area (Å²) in [5, 5.41) is 11.6. The van der Waals surface area contributed by atoms with Gasteiger partial charge in [0.05, 0.1) is 0 Å². The van der Waals surface area contributed by atoms with E-state index in [0.29, 0.717) is 11.1 Å². The van der Waals surface area contributed by atoms with E-state index in [1.54, 1.807) is 42.6 Å². The van der Waals surface area contributed by atoms with Gasteiger partial charge in [-0.25, -0.2) is 4.79 Å². The van der Waals surface area contributed by atoms with Crippen molar-refractivity contribution in [3.63, 3.8) is 0 Å². The van der Waals surface area contributed by atoms with Crippen LogP contribution in [-0.2, 0) is 4.79 Å². The first-order valence-corrected chi connectivity index (χ1v) is 6.29. The highest BCUT2D eigenvalue weighted by atomic mass is 16.4. The number of rotatable bonds is 4. The van der Waals surface area contributed by atoms with Gasteiger partial charge in [-0.2, -0.15) is 0 Å². The summed E-state index contributed by atoms with van der Waals surface area (Å²) < 4.78 is 0. The third-order valence-electron chi connectivity index (χ3n) is 2.79. The van der Waals surface area contributed by atoms with Crippen molar-refractivity contribution < 1.29 is 14.7 Å². The Morgan fingerprint density at radius 2 is 1.90 bits per heavy atom. The second-order valence-corrected chi connectivity index (χ2v) is 4.47. The predicted octanol–water partition coefficient (Wildman–Crippen LogP) is 2.25. The van der Waals surface area contributed by atoms with Crippen LogP contribution in [-0.4, -0.2) is 22.0 Å². The fourth-order valence-electron chi connectivity index (χ4n) is 1.68. The lowest BCUT2D eigenvalue weighted by Gasteiger charge is -2.06. The van der Waals surface area contributed by atoms with Crippen LogP contribution < -0.4 is 5.32 Å². The number of nitrogens with zero attached hydrogens (tertiary/aromatic N) is 1. The molecular formula is C16H14N2O3. The fraction of sp³-hybridized carbons (Fsp3) is 0.0625. The number of benzene rings is 1. The highest BCUT2D eigenvalue weighted by Gasteiger charge is 2.13. The third kappa shape index (κ3) is 4.01. The summed E-state index contributed by atoms with van der Waals surface area (Å²) in [6.45, 7) is 1.91. The van der Waals surface area contributed by atoms with Crippen LogP contribution in [0.2, 0.25) is 0 Å². The molecule has 1 heterocycles. The smallest absolute Gasteiger partial charge is 0.352 e.